The molecule has 7 heteroatoms. The Labute approximate surface area is 129 Å². The Morgan fingerprint density at radius 1 is 1.50 bits per heavy atom. The van der Waals surface area contributed by atoms with E-state index in [1.165, 1.54) is 0 Å². The largest absolute Gasteiger partial charge is 0.497 e. The Kier molecular flexibility index (Phi) is 5.60. The van der Waals surface area contributed by atoms with E-state index in [9.17, 15) is 9.59 Å². The van der Waals surface area contributed by atoms with E-state index in [-0.39, 0.29) is 31.0 Å². The van der Waals surface area contributed by atoms with Crippen molar-refractivity contribution in [2.45, 2.75) is 18.9 Å². The van der Waals surface area contributed by atoms with Crippen molar-refractivity contribution in [3.05, 3.63) is 24.3 Å². The average Bonchev–Trinajstić information content (AvgIpc) is 2.88. The number of aliphatic hydroxyl groups is 1. The Morgan fingerprint density at radius 2 is 2.32 bits per heavy atom. The fourth-order valence-electron chi connectivity index (χ4n) is 2.35. The van der Waals surface area contributed by atoms with Gasteiger partial charge < -0.3 is 25.4 Å². The number of urea groups is 1. The number of carbonyl (C=O) groups is 2. The molecule has 0 aliphatic carbocycles. The standard InChI is InChI=1S/C15H21N3O4/c1-22-13-5-2-4-12(9-13)18-10-11(8-14(18)20)17-15(21)16-6-3-7-19/h2,4-5,9,11,19H,3,6-8,10H2,1H3,(H2,16,17,21). The molecule has 0 bridgehead atoms. The summed E-state index contributed by atoms with van der Waals surface area (Å²) in [5, 5.41) is 14.1. The number of carbonyl (C=O) groups excluding carboxylic acids is 2. The van der Waals surface area contributed by atoms with Gasteiger partial charge in [0.05, 0.1) is 13.2 Å². The molecule has 1 heterocycles. The SMILES string of the molecule is COc1cccc(N2CC(NC(=O)NCCCO)CC2=O)c1. The summed E-state index contributed by atoms with van der Waals surface area (Å²) in [6.07, 6.45) is 0.775. The highest BCUT2D eigenvalue weighted by atomic mass is 16.5. The van der Waals surface area contributed by atoms with Gasteiger partial charge >= 0.3 is 6.03 Å². The van der Waals surface area contributed by atoms with Gasteiger partial charge in [-0.15, -0.1) is 0 Å². The highest BCUT2D eigenvalue weighted by molar-refractivity contribution is 5.97. The third-order valence-corrected chi connectivity index (χ3v) is 3.45. The van der Waals surface area contributed by atoms with Gasteiger partial charge in [-0.25, -0.2) is 4.79 Å². The summed E-state index contributed by atoms with van der Waals surface area (Å²) >= 11 is 0. The summed E-state index contributed by atoms with van der Waals surface area (Å²) in [5.74, 6) is 0.650. The van der Waals surface area contributed by atoms with Crippen LogP contribution in [0.2, 0.25) is 0 Å². The van der Waals surface area contributed by atoms with E-state index in [2.05, 4.69) is 10.6 Å². The molecule has 7 nitrogen and oxygen atoms in total. The molecule has 3 N–H and O–H groups in total. The number of hydrogen-bond acceptors (Lipinski definition) is 4. The van der Waals surface area contributed by atoms with E-state index >= 15 is 0 Å². The zero-order valence-electron chi connectivity index (χ0n) is 12.5. The van der Waals surface area contributed by atoms with Crippen molar-refractivity contribution >= 4 is 17.6 Å². The van der Waals surface area contributed by atoms with Gasteiger partial charge in [0.15, 0.2) is 0 Å². The molecule has 1 aliphatic rings. The second-order valence-corrected chi connectivity index (χ2v) is 5.08. The van der Waals surface area contributed by atoms with Gasteiger partial charge in [0.1, 0.15) is 5.75 Å². The van der Waals surface area contributed by atoms with Crippen molar-refractivity contribution in [3.63, 3.8) is 0 Å². The molecule has 1 aromatic carbocycles. The first-order chi connectivity index (χ1) is 10.6. The van der Waals surface area contributed by atoms with Crippen LogP contribution in [0.25, 0.3) is 0 Å². The maximum absolute atomic E-state index is 12.1. The molecule has 1 unspecified atom stereocenters. The number of hydrogen-bond donors (Lipinski definition) is 3. The zero-order chi connectivity index (χ0) is 15.9. The lowest BCUT2D eigenvalue weighted by molar-refractivity contribution is -0.117. The molecule has 3 amide bonds. The molecule has 0 radical (unpaired) electrons. The van der Waals surface area contributed by atoms with E-state index in [0.29, 0.717) is 25.3 Å². The number of methoxy groups -OCH3 is 1. The lowest BCUT2D eigenvalue weighted by Gasteiger charge is -2.18. The van der Waals surface area contributed by atoms with Crippen LogP contribution in [0.1, 0.15) is 12.8 Å². The van der Waals surface area contributed by atoms with Crippen LogP contribution in [0.4, 0.5) is 10.5 Å². The van der Waals surface area contributed by atoms with E-state index < -0.39 is 0 Å². The van der Waals surface area contributed by atoms with Gasteiger partial charge in [0.2, 0.25) is 5.91 Å². The Balaban J connectivity index is 1.91. The third kappa shape index (κ3) is 4.11. The molecule has 22 heavy (non-hydrogen) atoms. The van der Waals surface area contributed by atoms with Gasteiger partial charge in [0.25, 0.3) is 0 Å². The van der Waals surface area contributed by atoms with Gasteiger partial charge in [-0.1, -0.05) is 6.07 Å². The van der Waals surface area contributed by atoms with Gasteiger partial charge in [0, 0.05) is 37.9 Å². The van der Waals surface area contributed by atoms with Gasteiger partial charge in [-0.05, 0) is 18.6 Å². The van der Waals surface area contributed by atoms with Crippen LogP contribution in [0, 0.1) is 0 Å². The number of nitrogens with zero attached hydrogens (tertiary/aromatic N) is 1. The van der Waals surface area contributed by atoms with Gasteiger partial charge in [-0.2, -0.15) is 0 Å². The van der Waals surface area contributed by atoms with E-state index in [4.69, 9.17) is 9.84 Å². The topological polar surface area (TPSA) is 90.9 Å². The summed E-state index contributed by atoms with van der Waals surface area (Å²) in [7, 11) is 1.58. The minimum Gasteiger partial charge on any atom is -0.497 e. The summed E-state index contributed by atoms with van der Waals surface area (Å²) in [5.41, 5.74) is 0.759. The summed E-state index contributed by atoms with van der Waals surface area (Å²) < 4.78 is 5.16. The van der Waals surface area contributed by atoms with Crippen molar-refractivity contribution < 1.29 is 19.4 Å². The van der Waals surface area contributed by atoms with Crippen molar-refractivity contribution in [2.24, 2.45) is 0 Å². The van der Waals surface area contributed by atoms with Crippen LogP contribution in [-0.2, 0) is 4.79 Å². The Morgan fingerprint density at radius 3 is 3.05 bits per heavy atom. The normalized spacial score (nSPS) is 17.5. The molecule has 1 atom stereocenters. The smallest absolute Gasteiger partial charge is 0.315 e. The highest BCUT2D eigenvalue weighted by Gasteiger charge is 2.31. The second kappa shape index (κ2) is 7.65. The van der Waals surface area contributed by atoms with E-state index in [0.717, 1.165) is 5.69 Å². The molecule has 0 spiro atoms. The van der Waals surface area contributed by atoms with Crippen LogP contribution in [0.5, 0.6) is 5.75 Å². The highest BCUT2D eigenvalue weighted by Crippen LogP contribution is 2.25. The fraction of sp³-hybridized carbons (Fsp3) is 0.467. The first-order valence-electron chi connectivity index (χ1n) is 7.23. The quantitative estimate of drug-likeness (QED) is 0.667. The van der Waals surface area contributed by atoms with Crippen molar-refractivity contribution in [2.75, 3.05) is 31.7 Å². The number of anilines is 1. The van der Waals surface area contributed by atoms with Crippen molar-refractivity contribution in [1.29, 1.82) is 0 Å². The second-order valence-electron chi connectivity index (χ2n) is 5.08. The van der Waals surface area contributed by atoms with E-state index in [1.54, 1.807) is 18.1 Å². The third-order valence-electron chi connectivity index (χ3n) is 3.45. The molecule has 1 saturated heterocycles. The van der Waals surface area contributed by atoms with Crippen molar-refractivity contribution in [3.8, 4) is 5.75 Å². The van der Waals surface area contributed by atoms with E-state index in [1.807, 2.05) is 18.2 Å². The van der Waals surface area contributed by atoms with Crippen LogP contribution >= 0.6 is 0 Å². The molecule has 120 valence electrons. The van der Waals surface area contributed by atoms with Crippen LogP contribution in [0.15, 0.2) is 24.3 Å². The predicted molar refractivity (Wildman–Crippen MR) is 82.0 cm³/mol. The van der Waals surface area contributed by atoms with Crippen LogP contribution in [-0.4, -0.2) is 49.9 Å². The minimum absolute atomic E-state index is 0.0334. The Hall–Kier alpha value is -2.28. The van der Waals surface area contributed by atoms with Crippen LogP contribution < -0.4 is 20.3 Å². The lowest BCUT2D eigenvalue weighted by atomic mass is 10.2. The predicted octanol–water partition coefficient (Wildman–Crippen LogP) is 0.482. The number of benzene rings is 1. The molecule has 1 aliphatic heterocycles. The molecule has 0 aromatic heterocycles. The first-order valence-corrected chi connectivity index (χ1v) is 7.23. The number of rotatable bonds is 6. The Bertz CT molecular complexity index is 535. The number of nitrogens with one attached hydrogen (secondary N) is 2. The number of aliphatic hydroxyl groups excluding tert-OH is 1. The zero-order valence-corrected chi connectivity index (χ0v) is 12.5. The summed E-state index contributed by atoms with van der Waals surface area (Å²) in [4.78, 5) is 25.4. The van der Waals surface area contributed by atoms with Gasteiger partial charge in [-0.3, -0.25) is 4.79 Å². The minimum atomic E-state index is -0.321. The monoisotopic (exact) mass is 307 g/mol. The molecule has 1 fully saturated rings. The number of ether oxygens (including phenoxy) is 1. The lowest BCUT2D eigenvalue weighted by Crippen LogP contribution is -2.43. The molecule has 2 rings (SSSR count). The summed E-state index contributed by atoms with van der Waals surface area (Å²) in [6, 6.07) is 6.72. The molecular formula is C15H21N3O4. The molecular weight excluding hydrogens is 286 g/mol. The number of amides is 3. The molecule has 0 saturated carbocycles. The van der Waals surface area contributed by atoms with Crippen molar-refractivity contribution in [1.82, 2.24) is 10.6 Å². The maximum Gasteiger partial charge on any atom is 0.315 e. The first kappa shape index (κ1) is 16.1. The average molecular weight is 307 g/mol. The maximum atomic E-state index is 12.1. The molecule has 1 aromatic rings. The fourth-order valence-corrected chi connectivity index (χ4v) is 2.35. The summed E-state index contributed by atoms with van der Waals surface area (Å²) in [6.45, 7) is 0.869. The van der Waals surface area contributed by atoms with Crippen LogP contribution in [0.3, 0.4) is 0 Å².